The summed E-state index contributed by atoms with van der Waals surface area (Å²) in [5, 5.41) is 7.78. The Hall–Kier alpha value is -0.650. The van der Waals surface area contributed by atoms with Gasteiger partial charge in [0.2, 0.25) is 0 Å². The van der Waals surface area contributed by atoms with E-state index in [4.69, 9.17) is 0 Å². The van der Waals surface area contributed by atoms with Gasteiger partial charge in [-0.25, -0.2) is 0 Å². The molecule has 2 heterocycles. The van der Waals surface area contributed by atoms with Crippen LogP contribution in [0.5, 0.6) is 0 Å². The molecule has 0 aliphatic rings. The topological polar surface area (TPSA) is 30.2 Å². The van der Waals surface area contributed by atoms with E-state index in [9.17, 15) is 0 Å². The maximum atomic E-state index is 3.96. The predicted molar refractivity (Wildman–Crippen MR) is 50.4 cm³/mol. The van der Waals surface area contributed by atoms with Crippen molar-refractivity contribution in [3.63, 3.8) is 0 Å². The lowest BCUT2D eigenvalue weighted by Gasteiger charge is -1.96. The third kappa shape index (κ3) is 1.11. The number of rotatable bonds is 0. The normalized spacial score (nSPS) is 10.7. The number of aromatic nitrogens is 3. The van der Waals surface area contributed by atoms with Gasteiger partial charge < -0.3 is 0 Å². The molecular weight excluding hydrogens is 253 g/mol. The van der Waals surface area contributed by atoms with Crippen molar-refractivity contribution >= 4 is 28.2 Å². The van der Waals surface area contributed by atoms with Gasteiger partial charge in [-0.3, -0.25) is 4.40 Å². The largest absolute Gasteiger partial charge is 0.288 e. The van der Waals surface area contributed by atoms with Crippen LogP contribution in [-0.4, -0.2) is 14.6 Å². The van der Waals surface area contributed by atoms with Gasteiger partial charge in [0.1, 0.15) is 6.33 Å². The highest BCUT2D eigenvalue weighted by molar-refractivity contribution is 14.1. The van der Waals surface area contributed by atoms with Crippen LogP contribution in [0.25, 0.3) is 5.65 Å². The standard InChI is InChI=1S/C7H6IN3/c1-5-2-6(8)7-10-9-4-11(7)3-5/h2-4H,1H3. The second-order valence-corrected chi connectivity index (χ2v) is 3.59. The predicted octanol–water partition coefficient (Wildman–Crippen LogP) is 1.64. The Balaban J connectivity index is 2.91. The maximum Gasteiger partial charge on any atom is 0.174 e. The number of nitrogens with zero attached hydrogens (tertiary/aromatic N) is 3. The molecular formula is C7H6IN3. The Bertz CT molecular complexity index is 393. The lowest BCUT2D eigenvalue weighted by molar-refractivity contribution is 1.10. The van der Waals surface area contributed by atoms with Crippen molar-refractivity contribution in [1.29, 1.82) is 0 Å². The Labute approximate surface area is 77.6 Å². The minimum Gasteiger partial charge on any atom is -0.288 e. The first-order valence-corrected chi connectivity index (χ1v) is 4.31. The molecule has 0 saturated carbocycles. The van der Waals surface area contributed by atoms with Crippen LogP contribution in [0.3, 0.4) is 0 Å². The van der Waals surface area contributed by atoms with Gasteiger partial charge >= 0.3 is 0 Å². The van der Waals surface area contributed by atoms with E-state index in [1.54, 1.807) is 6.33 Å². The summed E-state index contributed by atoms with van der Waals surface area (Å²) in [4.78, 5) is 0. The smallest absolute Gasteiger partial charge is 0.174 e. The first kappa shape index (κ1) is 7.02. The summed E-state index contributed by atoms with van der Waals surface area (Å²) >= 11 is 2.26. The maximum absolute atomic E-state index is 3.96. The Kier molecular flexibility index (Phi) is 1.56. The van der Waals surface area contributed by atoms with Gasteiger partial charge in [-0.05, 0) is 41.1 Å². The summed E-state index contributed by atoms with van der Waals surface area (Å²) in [7, 11) is 0. The van der Waals surface area contributed by atoms with Gasteiger partial charge in [0.05, 0.1) is 3.57 Å². The number of pyridine rings is 1. The monoisotopic (exact) mass is 259 g/mol. The van der Waals surface area contributed by atoms with Gasteiger partial charge in [0.15, 0.2) is 5.65 Å². The van der Waals surface area contributed by atoms with Crippen LogP contribution in [-0.2, 0) is 0 Å². The van der Waals surface area contributed by atoms with Crippen molar-refractivity contribution in [2.24, 2.45) is 0 Å². The number of hydrogen-bond donors (Lipinski definition) is 0. The highest BCUT2D eigenvalue weighted by Gasteiger charge is 1.99. The molecule has 3 nitrogen and oxygen atoms in total. The minimum absolute atomic E-state index is 0.927. The number of hydrogen-bond acceptors (Lipinski definition) is 2. The van der Waals surface area contributed by atoms with Crippen LogP contribution in [0.15, 0.2) is 18.6 Å². The second kappa shape index (κ2) is 2.44. The number of aryl methyl sites for hydroxylation is 1. The Morgan fingerprint density at radius 1 is 1.55 bits per heavy atom. The molecule has 2 rings (SSSR count). The molecule has 0 spiro atoms. The zero-order valence-corrected chi connectivity index (χ0v) is 8.11. The summed E-state index contributed by atoms with van der Waals surface area (Å²) < 4.78 is 3.07. The first-order chi connectivity index (χ1) is 5.27. The number of fused-ring (bicyclic) bond motifs is 1. The van der Waals surface area contributed by atoms with Crippen molar-refractivity contribution in [2.75, 3.05) is 0 Å². The molecule has 0 saturated heterocycles. The molecule has 2 aromatic heterocycles. The van der Waals surface area contributed by atoms with E-state index >= 15 is 0 Å². The molecule has 0 fully saturated rings. The highest BCUT2D eigenvalue weighted by Crippen LogP contribution is 2.12. The zero-order chi connectivity index (χ0) is 7.84. The van der Waals surface area contributed by atoms with Gasteiger partial charge in [-0.1, -0.05) is 0 Å². The molecule has 56 valence electrons. The molecule has 2 aromatic rings. The van der Waals surface area contributed by atoms with E-state index in [0.29, 0.717) is 0 Å². The quantitative estimate of drug-likeness (QED) is 0.673. The van der Waals surface area contributed by atoms with E-state index < -0.39 is 0 Å². The highest BCUT2D eigenvalue weighted by atomic mass is 127. The van der Waals surface area contributed by atoms with Crippen molar-refractivity contribution in [1.82, 2.24) is 14.6 Å². The van der Waals surface area contributed by atoms with E-state index in [1.165, 1.54) is 5.56 Å². The van der Waals surface area contributed by atoms with Crippen LogP contribution in [0.2, 0.25) is 0 Å². The summed E-state index contributed by atoms with van der Waals surface area (Å²) in [5.74, 6) is 0. The van der Waals surface area contributed by atoms with Crippen LogP contribution >= 0.6 is 22.6 Å². The summed E-state index contributed by atoms with van der Waals surface area (Å²) in [6, 6.07) is 2.09. The SMILES string of the molecule is Cc1cc(I)c2nncn2c1. The van der Waals surface area contributed by atoms with Crippen molar-refractivity contribution < 1.29 is 0 Å². The summed E-state index contributed by atoms with van der Waals surface area (Å²) in [5.41, 5.74) is 2.15. The molecule has 0 unspecified atom stereocenters. The molecule has 0 aliphatic heterocycles. The molecule has 11 heavy (non-hydrogen) atoms. The fourth-order valence-corrected chi connectivity index (χ4v) is 1.91. The zero-order valence-electron chi connectivity index (χ0n) is 5.95. The minimum atomic E-state index is 0.927. The van der Waals surface area contributed by atoms with E-state index in [1.807, 2.05) is 10.6 Å². The molecule has 0 atom stereocenters. The third-order valence-corrected chi connectivity index (χ3v) is 2.28. The molecule has 0 aromatic carbocycles. The Morgan fingerprint density at radius 3 is 3.18 bits per heavy atom. The van der Waals surface area contributed by atoms with Crippen LogP contribution in [0.1, 0.15) is 5.56 Å². The average molecular weight is 259 g/mol. The first-order valence-electron chi connectivity index (χ1n) is 3.23. The van der Waals surface area contributed by atoms with Crippen LogP contribution in [0.4, 0.5) is 0 Å². The summed E-state index contributed by atoms with van der Waals surface area (Å²) in [6.45, 7) is 2.06. The van der Waals surface area contributed by atoms with Gasteiger partial charge in [0, 0.05) is 6.20 Å². The second-order valence-electron chi connectivity index (χ2n) is 2.43. The van der Waals surface area contributed by atoms with E-state index in [-0.39, 0.29) is 0 Å². The fraction of sp³-hybridized carbons (Fsp3) is 0.143. The van der Waals surface area contributed by atoms with Crippen molar-refractivity contribution in [2.45, 2.75) is 6.92 Å². The van der Waals surface area contributed by atoms with Crippen molar-refractivity contribution in [3.05, 3.63) is 27.7 Å². The van der Waals surface area contributed by atoms with Crippen LogP contribution in [0, 0.1) is 10.5 Å². The molecule has 0 bridgehead atoms. The van der Waals surface area contributed by atoms with Crippen LogP contribution < -0.4 is 0 Å². The van der Waals surface area contributed by atoms with Gasteiger partial charge in [0.25, 0.3) is 0 Å². The molecule has 0 amide bonds. The Morgan fingerprint density at radius 2 is 2.36 bits per heavy atom. The molecule has 4 heteroatoms. The van der Waals surface area contributed by atoms with Gasteiger partial charge in [-0.15, -0.1) is 10.2 Å². The third-order valence-electron chi connectivity index (χ3n) is 1.48. The van der Waals surface area contributed by atoms with Crippen molar-refractivity contribution in [3.8, 4) is 0 Å². The summed E-state index contributed by atoms with van der Waals surface area (Å²) in [6.07, 6.45) is 3.72. The van der Waals surface area contributed by atoms with E-state index in [0.717, 1.165) is 9.22 Å². The molecule has 0 radical (unpaired) electrons. The number of halogens is 1. The lowest BCUT2D eigenvalue weighted by Crippen LogP contribution is -1.87. The lowest BCUT2D eigenvalue weighted by atomic mass is 10.3. The molecule has 0 N–H and O–H groups in total. The fourth-order valence-electron chi connectivity index (χ4n) is 1.03. The molecule has 0 aliphatic carbocycles. The van der Waals surface area contributed by atoms with E-state index in [2.05, 4.69) is 45.8 Å². The van der Waals surface area contributed by atoms with Gasteiger partial charge in [-0.2, -0.15) is 0 Å². The average Bonchev–Trinajstić information content (AvgIpc) is 2.34.